The van der Waals surface area contributed by atoms with E-state index in [0.717, 1.165) is 12.1 Å². The van der Waals surface area contributed by atoms with Crippen LogP contribution in [0, 0.1) is 5.82 Å². The summed E-state index contributed by atoms with van der Waals surface area (Å²) in [7, 11) is 0. The maximum atomic E-state index is 13.2. The number of hydrogen-bond donors (Lipinski definition) is 1. The van der Waals surface area contributed by atoms with Gasteiger partial charge in [-0.2, -0.15) is 0 Å². The summed E-state index contributed by atoms with van der Waals surface area (Å²) < 4.78 is 13.2. The van der Waals surface area contributed by atoms with Crippen LogP contribution in [0.3, 0.4) is 0 Å². The first-order chi connectivity index (χ1) is 10.2. The molecule has 0 radical (unpaired) electrons. The number of hydrogen-bond acceptors (Lipinski definition) is 2. The van der Waals surface area contributed by atoms with Gasteiger partial charge in [-0.15, -0.1) is 11.8 Å². The van der Waals surface area contributed by atoms with Gasteiger partial charge in [-0.3, -0.25) is 0 Å². The zero-order chi connectivity index (χ0) is 14.7. The highest BCUT2D eigenvalue weighted by Crippen LogP contribution is 2.28. The second-order valence-electron chi connectivity index (χ2n) is 5.33. The Labute approximate surface area is 133 Å². The van der Waals surface area contributed by atoms with E-state index in [4.69, 9.17) is 11.6 Å². The van der Waals surface area contributed by atoms with Crippen molar-refractivity contribution >= 4 is 23.4 Å². The lowest BCUT2D eigenvalue weighted by Gasteiger charge is -2.07. The van der Waals surface area contributed by atoms with Crippen molar-refractivity contribution in [3.8, 4) is 0 Å². The highest BCUT2D eigenvalue weighted by atomic mass is 35.5. The number of rotatable bonds is 6. The second-order valence-corrected chi connectivity index (χ2v) is 6.78. The Bertz CT molecular complexity index is 628. The molecule has 2 aromatic carbocycles. The minimum Gasteiger partial charge on any atom is -0.310 e. The summed E-state index contributed by atoms with van der Waals surface area (Å²) in [5.41, 5.74) is 2.13. The largest absolute Gasteiger partial charge is 0.310 e. The summed E-state index contributed by atoms with van der Waals surface area (Å²) >= 11 is 7.78. The maximum absolute atomic E-state index is 13.2. The van der Waals surface area contributed by atoms with Crippen LogP contribution in [-0.4, -0.2) is 6.04 Å². The maximum Gasteiger partial charge on any atom is 0.123 e. The van der Waals surface area contributed by atoms with Crippen LogP contribution < -0.4 is 5.32 Å². The van der Waals surface area contributed by atoms with Gasteiger partial charge in [-0.25, -0.2) is 4.39 Å². The van der Waals surface area contributed by atoms with Gasteiger partial charge in [0.1, 0.15) is 5.82 Å². The van der Waals surface area contributed by atoms with Crippen LogP contribution in [-0.2, 0) is 12.3 Å². The first kappa shape index (κ1) is 14.9. The van der Waals surface area contributed by atoms with E-state index in [9.17, 15) is 4.39 Å². The SMILES string of the molecule is Fc1ccc(Cl)c(CSc2cccc(CNC3CC3)c2)c1. The molecule has 1 aliphatic rings. The predicted octanol–water partition coefficient (Wildman–Crippen LogP) is 5.02. The minimum atomic E-state index is -0.239. The average Bonchev–Trinajstić information content (AvgIpc) is 3.31. The molecule has 0 atom stereocenters. The molecule has 1 nitrogen and oxygen atoms in total. The molecule has 0 spiro atoms. The average molecular weight is 322 g/mol. The van der Waals surface area contributed by atoms with Crippen LogP contribution in [0.5, 0.6) is 0 Å². The number of nitrogens with one attached hydrogen (secondary N) is 1. The van der Waals surface area contributed by atoms with Gasteiger partial charge in [0.25, 0.3) is 0 Å². The van der Waals surface area contributed by atoms with Gasteiger partial charge in [0.15, 0.2) is 0 Å². The third-order valence-corrected chi connectivity index (χ3v) is 4.88. The summed E-state index contributed by atoms with van der Waals surface area (Å²) in [6.07, 6.45) is 2.60. The molecule has 2 aromatic rings. The number of thioether (sulfide) groups is 1. The minimum absolute atomic E-state index is 0.239. The van der Waals surface area contributed by atoms with E-state index in [1.807, 2.05) is 0 Å². The van der Waals surface area contributed by atoms with Crippen LogP contribution >= 0.6 is 23.4 Å². The van der Waals surface area contributed by atoms with Gasteiger partial charge in [0.2, 0.25) is 0 Å². The molecule has 21 heavy (non-hydrogen) atoms. The van der Waals surface area contributed by atoms with E-state index < -0.39 is 0 Å². The first-order valence-electron chi connectivity index (χ1n) is 7.10. The number of benzene rings is 2. The molecule has 0 heterocycles. The van der Waals surface area contributed by atoms with Gasteiger partial charge >= 0.3 is 0 Å². The third kappa shape index (κ3) is 4.47. The lowest BCUT2D eigenvalue weighted by Crippen LogP contribution is -2.15. The molecule has 0 amide bonds. The standard InChI is InChI=1S/C17H17ClFNS/c18-17-7-4-14(19)9-13(17)11-21-16-3-1-2-12(8-16)10-20-15-5-6-15/h1-4,7-9,15,20H,5-6,10-11H2. The van der Waals surface area contributed by atoms with Crippen molar-refractivity contribution in [1.29, 1.82) is 0 Å². The van der Waals surface area contributed by atoms with Gasteiger partial charge in [-0.1, -0.05) is 23.7 Å². The first-order valence-corrected chi connectivity index (χ1v) is 8.46. The number of halogens is 2. The Hall–Kier alpha value is -1.03. The lowest BCUT2D eigenvalue weighted by atomic mass is 10.2. The highest BCUT2D eigenvalue weighted by Gasteiger charge is 2.19. The van der Waals surface area contributed by atoms with Crippen molar-refractivity contribution in [2.75, 3.05) is 0 Å². The molecule has 1 saturated carbocycles. The summed E-state index contributed by atoms with van der Waals surface area (Å²) in [6, 6.07) is 13.7. The van der Waals surface area contributed by atoms with Crippen molar-refractivity contribution in [2.24, 2.45) is 0 Å². The Morgan fingerprint density at radius 2 is 2.05 bits per heavy atom. The van der Waals surface area contributed by atoms with Gasteiger partial charge in [0, 0.05) is 28.3 Å². The highest BCUT2D eigenvalue weighted by molar-refractivity contribution is 7.98. The fraction of sp³-hybridized carbons (Fsp3) is 0.294. The molecule has 0 saturated heterocycles. The van der Waals surface area contributed by atoms with Gasteiger partial charge in [0.05, 0.1) is 0 Å². The van der Waals surface area contributed by atoms with Crippen molar-refractivity contribution in [3.63, 3.8) is 0 Å². The summed E-state index contributed by atoms with van der Waals surface area (Å²) in [6.45, 7) is 0.916. The fourth-order valence-corrected chi connectivity index (χ4v) is 3.34. The zero-order valence-corrected chi connectivity index (χ0v) is 13.2. The molecule has 0 bridgehead atoms. The van der Waals surface area contributed by atoms with Gasteiger partial charge in [-0.05, 0) is 54.3 Å². The van der Waals surface area contributed by atoms with Crippen molar-refractivity contribution in [3.05, 3.63) is 64.4 Å². The summed E-state index contributed by atoms with van der Waals surface area (Å²) in [5.74, 6) is 0.438. The van der Waals surface area contributed by atoms with Gasteiger partial charge < -0.3 is 5.32 Å². The molecule has 0 aromatic heterocycles. The molecule has 1 N–H and O–H groups in total. The molecule has 110 valence electrons. The molecule has 4 heteroatoms. The zero-order valence-electron chi connectivity index (χ0n) is 11.6. The normalized spacial score (nSPS) is 14.4. The van der Waals surface area contributed by atoms with Crippen LogP contribution in [0.15, 0.2) is 47.4 Å². The van der Waals surface area contributed by atoms with Crippen molar-refractivity contribution in [1.82, 2.24) is 5.32 Å². The Morgan fingerprint density at radius 3 is 2.86 bits per heavy atom. The van der Waals surface area contributed by atoms with Crippen molar-refractivity contribution < 1.29 is 4.39 Å². The Morgan fingerprint density at radius 1 is 1.19 bits per heavy atom. The van der Waals surface area contributed by atoms with E-state index >= 15 is 0 Å². The molecule has 0 aliphatic heterocycles. The molecular formula is C17H17ClFNS. The summed E-state index contributed by atoms with van der Waals surface area (Å²) in [4.78, 5) is 1.19. The van der Waals surface area contributed by atoms with E-state index in [1.54, 1.807) is 17.8 Å². The predicted molar refractivity (Wildman–Crippen MR) is 87.3 cm³/mol. The Kier molecular flexibility index (Phi) is 4.84. The molecule has 1 fully saturated rings. The topological polar surface area (TPSA) is 12.0 Å². The molecule has 1 aliphatic carbocycles. The third-order valence-electron chi connectivity index (χ3n) is 3.47. The van der Waals surface area contributed by atoms with Crippen LogP contribution in [0.25, 0.3) is 0 Å². The second kappa shape index (κ2) is 6.82. The van der Waals surface area contributed by atoms with Crippen LogP contribution in [0.1, 0.15) is 24.0 Å². The van der Waals surface area contributed by atoms with E-state index in [2.05, 4.69) is 29.6 Å². The summed E-state index contributed by atoms with van der Waals surface area (Å²) in [5, 5.41) is 4.13. The molecule has 0 unspecified atom stereocenters. The molecular weight excluding hydrogens is 305 g/mol. The monoisotopic (exact) mass is 321 g/mol. The lowest BCUT2D eigenvalue weighted by molar-refractivity contribution is 0.626. The smallest absolute Gasteiger partial charge is 0.123 e. The van der Waals surface area contributed by atoms with E-state index in [1.165, 1.54) is 35.4 Å². The van der Waals surface area contributed by atoms with Crippen LogP contribution in [0.4, 0.5) is 4.39 Å². The van der Waals surface area contributed by atoms with Crippen molar-refractivity contribution in [2.45, 2.75) is 36.1 Å². The van der Waals surface area contributed by atoms with E-state index in [-0.39, 0.29) is 5.82 Å². The van der Waals surface area contributed by atoms with Crippen LogP contribution in [0.2, 0.25) is 5.02 Å². The Balaban J connectivity index is 1.61. The van der Waals surface area contributed by atoms with E-state index in [0.29, 0.717) is 16.8 Å². The molecule has 3 rings (SSSR count). The quantitative estimate of drug-likeness (QED) is 0.749. The fourth-order valence-electron chi connectivity index (χ4n) is 2.11.